The Morgan fingerprint density at radius 3 is 2.81 bits per heavy atom. The minimum absolute atomic E-state index is 0. The van der Waals surface area contributed by atoms with Gasteiger partial charge in [-0.1, -0.05) is 6.07 Å². The van der Waals surface area contributed by atoms with E-state index in [0.717, 1.165) is 36.2 Å². The Bertz CT molecular complexity index is 465. The molecule has 0 unspecified atom stereocenters. The number of benzene rings is 1. The van der Waals surface area contributed by atoms with E-state index in [1.807, 2.05) is 25.1 Å². The lowest BCUT2D eigenvalue weighted by atomic mass is 10.1. The van der Waals surface area contributed by atoms with Crippen molar-refractivity contribution >= 4 is 34.2 Å². The third-order valence-corrected chi connectivity index (χ3v) is 4.00. The van der Waals surface area contributed by atoms with Crippen molar-refractivity contribution in [2.45, 2.75) is 32.2 Å². The molecule has 1 heterocycles. The summed E-state index contributed by atoms with van der Waals surface area (Å²) in [7, 11) is 0. The van der Waals surface area contributed by atoms with E-state index in [1.165, 1.54) is 5.56 Å². The van der Waals surface area contributed by atoms with Crippen LogP contribution in [0.1, 0.15) is 24.8 Å². The van der Waals surface area contributed by atoms with Gasteiger partial charge in [-0.15, -0.1) is 12.4 Å². The Balaban J connectivity index is 0.00000220. The summed E-state index contributed by atoms with van der Waals surface area (Å²) in [5, 5.41) is 6.34. The summed E-state index contributed by atoms with van der Waals surface area (Å²) in [6, 6.07) is 6.24. The summed E-state index contributed by atoms with van der Waals surface area (Å²) in [6.45, 7) is 4.40. The number of hydrogen-bond acceptors (Lipinski definition) is 3. The third-order valence-electron chi connectivity index (χ3n) is 3.38. The molecule has 0 spiro atoms. The van der Waals surface area contributed by atoms with Crippen LogP contribution in [0.4, 0.5) is 0 Å². The molecule has 1 amide bonds. The zero-order chi connectivity index (χ0) is 14.4. The predicted octanol–water partition coefficient (Wildman–Crippen LogP) is 2.82. The summed E-state index contributed by atoms with van der Waals surface area (Å²) in [6.07, 6.45) is 2.41. The van der Waals surface area contributed by atoms with Gasteiger partial charge in [0.15, 0.2) is 0 Å². The summed E-state index contributed by atoms with van der Waals surface area (Å²) in [5.41, 5.74) is 1.17. The number of amides is 1. The monoisotopic (exact) mass is 376 g/mol. The van der Waals surface area contributed by atoms with E-state index in [1.54, 1.807) is 0 Å². The average molecular weight is 378 g/mol. The molecule has 0 radical (unpaired) electrons. The van der Waals surface area contributed by atoms with Crippen molar-refractivity contribution in [3.05, 3.63) is 28.2 Å². The van der Waals surface area contributed by atoms with Crippen LogP contribution in [0.5, 0.6) is 5.75 Å². The standard InChI is InChI=1S/C15H21BrN2O2.ClH/c1-11-2-3-14(13(16)10-11)20-9-6-15(19)18-12-4-7-17-8-5-12;/h2-3,10,12,17H,4-9H2,1H3,(H,18,19);1H. The predicted molar refractivity (Wildman–Crippen MR) is 90.3 cm³/mol. The first-order valence-corrected chi connectivity index (χ1v) is 7.83. The van der Waals surface area contributed by atoms with E-state index in [9.17, 15) is 4.79 Å². The fourth-order valence-corrected chi connectivity index (χ4v) is 2.85. The number of nitrogens with one attached hydrogen (secondary N) is 2. The lowest BCUT2D eigenvalue weighted by Gasteiger charge is -2.23. The van der Waals surface area contributed by atoms with E-state index in [0.29, 0.717) is 19.1 Å². The normalized spacial score (nSPS) is 15.1. The number of piperidine rings is 1. The van der Waals surface area contributed by atoms with Crippen molar-refractivity contribution in [1.82, 2.24) is 10.6 Å². The molecule has 2 rings (SSSR count). The van der Waals surface area contributed by atoms with Crippen molar-refractivity contribution in [3.63, 3.8) is 0 Å². The van der Waals surface area contributed by atoms with Crippen LogP contribution in [-0.4, -0.2) is 31.6 Å². The molecule has 21 heavy (non-hydrogen) atoms. The molecule has 4 nitrogen and oxygen atoms in total. The van der Waals surface area contributed by atoms with Crippen LogP contribution in [0.3, 0.4) is 0 Å². The molecule has 2 N–H and O–H groups in total. The zero-order valence-corrected chi connectivity index (χ0v) is 14.6. The molecule has 118 valence electrons. The van der Waals surface area contributed by atoms with E-state index in [2.05, 4.69) is 26.6 Å². The molecule has 0 bridgehead atoms. The third kappa shape index (κ3) is 6.24. The van der Waals surface area contributed by atoms with Gasteiger partial charge in [0.1, 0.15) is 5.75 Å². The molecule has 0 atom stereocenters. The lowest BCUT2D eigenvalue weighted by Crippen LogP contribution is -2.43. The summed E-state index contributed by atoms with van der Waals surface area (Å²) < 4.78 is 6.56. The maximum absolute atomic E-state index is 11.8. The Morgan fingerprint density at radius 1 is 1.43 bits per heavy atom. The molecule has 1 aliphatic heterocycles. The topological polar surface area (TPSA) is 50.4 Å². The molecular weight excluding hydrogens is 356 g/mol. The minimum atomic E-state index is 0. The van der Waals surface area contributed by atoms with Gasteiger partial charge in [0, 0.05) is 6.04 Å². The molecule has 1 aromatic carbocycles. The molecule has 0 aliphatic carbocycles. The van der Waals surface area contributed by atoms with Crippen molar-refractivity contribution in [1.29, 1.82) is 0 Å². The van der Waals surface area contributed by atoms with Crippen LogP contribution in [0.25, 0.3) is 0 Å². The smallest absolute Gasteiger partial charge is 0.223 e. The van der Waals surface area contributed by atoms with E-state index in [-0.39, 0.29) is 18.3 Å². The second-order valence-corrected chi connectivity index (χ2v) is 5.98. The van der Waals surface area contributed by atoms with Crippen molar-refractivity contribution in [2.75, 3.05) is 19.7 Å². The highest BCUT2D eigenvalue weighted by molar-refractivity contribution is 9.10. The quantitative estimate of drug-likeness (QED) is 0.829. The van der Waals surface area contributed by atoms with Crippen LogP contribution >= 0.6 is 28.3 Å². The fourth-order valence-electron chi connectivity index (χ4n) is 2.24. The molecule has 1 aromatic rings. The second kappa shape index (κ2) is 9.28. The van der Waals surface area contributed by atoms with Gasteiger partial charge >= 0.3 is 0 Å². The Labute approximate surface area is 140 Å². The van der Waals surface area contributed by atoms with Gasteiger partial charge in [0.2, 0.25) is 5.91 Å². The fraction of sp³-hybridized carbons (Fsp3) is 0.533. The number of ether oxygens (including phenoxy) is 1. The van der Waals surface area contributed by atoms with Crippen LogP contribution in [0.2, 0.25) is 0 Å². The second-order valence-electron chi connectivity index (χ2n) is 5.12. The molecular formula is C15H22BrClN2O2. The zero-order valence-electron chi connectivity index (χ0n) is 12.2. The van der Waals surface area contributed by atoms with E-state index in [4.69, 9.17) is 4.74 Å². The first-order valence-electron chi connectivity index (χ1n) is 7.04. The first kappa shape index (κ1) is 18.3. The molecule has 0 aromatic heterocycles. The minimum Gasteiger partial charge on any atom is -0.492 e. The highest BCUT2D eigenvalue weighted by Gasteiger charge is 2.15. The van der Waals surface area contributed by atoms with Gasteiger partial charge in [0.05, 0.1) is 17.5 Å². The molecule has 1 saturated heterocycles. The van der Waals surface area contributed by atoms with Crippen molar-refractivity contribution in [2.24, 2.45) is 0 Å². The SMILES string of the molecule is Cc1ccc(OCCC(=O)NC2CCNCC2)c(Br)c1.Cl. The molecule has 1 fully saturated rings. The van der Waals surface area contributed by atoms with Crippen molar-refractivity contribution < 1.29 is 9.53 Å². The number of aryl methyl sites for hydroxylation is 1. The average Bonchev–Trinajstić information content (AvgIpc) is 2.42. The maximum atomic E-state index is 11.8. The van der Waals surface area contributed by atoms with Crippen molar-refractivity contribution in [3.8, 4) is 5.75 Å². The van der Waals surface area contributed by atoms with Gasteiger partial charge < -0.3 is 15.4 Å². The van der Waals surface area contributed by atoms with Crippen LogP contribution in [-0.2, 0) is 4.79 Å². The van der Waals surface area contributed by atoms with E-state index < -0.39 is 0 Å². The van der Waals surface area contributed by atoms with E-state index >= 15 is 0 Å². The number of carbonyl (C=O) groups excluding carboxylic acids is 1. The number of hydrogen-bond donors (Lipinski definition) is 2. The number of rotatable bonds is 5. The van der Waals surface area contributed by atoms with Gasteiger partial charge in [-0.05, 0) is 66.5 Å². The first-order chi connectivity index (χ1) is 9.65. The Kier molecular flexibility index (Phi) is 8.07. The maximum Gasteiger partial charge on any atom is 0.223 e. The number of halogens is 2. The highest BCUT2D eigenvalue weighted by Crippen LogP contribution is 2.25. The number of carbonyl (C=O) groups is 1. The molecule has 0 saturated carbocycles. The van der Waals surface area contributed by atoms with Gasteiger partial charge in [-0.25, -0.2) is 0 Å². The highest BCUT2D eigenvalue weighted by atomic mass is 79.9. The summed E-state index contributed by atoms with van der Waals surface area (Å²) in [5.74, 6) is 0.852. The van der Waals surface area contributed by atoms with Gasteiger partial charge in [-0.2, -0.15) is 0 Å². The Hall–Kier alpha value is -0.780. The summed E-state index contributed by atoms with van der Waals surface area (Å²) >= 11 is 3.46. The molecule has 6 heteroatoms. The summed E-state index contributed by atoms with van der Waals surface area (Å²) in [4.78, 5) is 11.8. The Morgan fingerprint density at radius 2 is 2.14 bits per heavy atom. The van der Waals surface area contributed by atoms with Crippen LogP contribution in [0.15, 0.2) is 22.7 Å². The lowest BCUT2D eigenvalue weighted by molar-refractivity contribution is -0.122. The van der Waals surface area contributed by atoms with Crippen LogP contribution in [0, 0.1) is 6.92 Å². The largest absolute Gasteiger partial charge is 0.492 e. The van der Waals surface area contributed by atoms with Crippen LogP contribution < -0.4 is 15.4 Å². The molecule has 1 aliphatic rings. The van der Waals surface area contributed by atoms with Gasteiger partial charge in [0.25, 0.3) is 0 Å². The van der Waals surface area contributed by atoms with Gasteiger partial charge in [-0.3, -0.25) is 4.79 Å².